The first-order chi connectivity index (χ1) is 9.70. The van der Waals surface area contributed by atoms with E-state index >= 15 is 0 Å². The van der Waals surface area contributed by atoms with E-state index in [-0.39, 0.29) is 16.8 Å². The molecule has 1 aromatic rings. The lowest BCUT2D eigenvalue weighted by atomic mass is 10.2. The zero-order chi connectivity index (χ0) is 16.2. The molecule has 0 N–H and O–H groups in total. The molecule has 0 bridgehead atoms. The Labute approximate surface area is 125 Å². The third kappa shape index (κ3) is 4.15. The van der Waals surface area contributed by atoms with E-state index in [1.54, 1.807) is 24.9 Å². The molecule has 0 amide bonds. The van der Waals surface area contributed by atoms with Gasteiger partial charge in [0.2, 0.25) is 10.0 Å². The third-order valence-corrected chi connectivity index (χ3v) is 4.84. The number of carbonyl (C=O) groups excluding carboxylic acids is 1. The van der Waals surface area contributed by atoms with Gasteiger partial charge in [-0.3, -0.25) is 4.79 Å². The normalized spacial score (nSPS) is 13.0. The molecule has 1 rings (SSSR count). The molecular weight excluding hydrogens is 294 g/mol. The van der Waals surface area contributed by atoms with Gasteiger partial charge in [-0.05, 0) is 12.1 Å². The minimum absolute atomic E-state index is 0.130. The molecule has 0 saturated carbocycles. The number of hydrogen-bond acceptors (Lipinski definition) is 6. The molecule has 0 aliphatic carbocycles. The van der Waals surface area contributed by atoms with Crippen LogP contribution in [-0.4, -0.2) is 58.5 Å². The molecule has 0 radical (unpaired) electrons. The van der Waals surface area contributed by atoms with Crippen molar-refractivity contribution < 1.29 is 17.9 Å². The molecule has 0 aliphatic rings. The second kappa shape index (κ2) is 6.86. The van der Waals surface area contributed by atoms with Gasteiger partial charge in [-0.25, -0.2) is 17.7 Å². The van der Waals surface area contributed by atoms with Crippen LogP contribution in [0, 0.1) is 5.92 Å². The molecule has 1 aromatic heterocycles. The summed E-state index contributed by atoms with van der Waals surface area (Å²) in [6, 6.07) is 3.11. The Kier molecular flexibility index (Phi) is 5.68. The van der Waals surface area contributed by atoms with Crippen LogP contribution in [0.2, 0.25) is 0 Å². The highest BCUT2D eigenvalue weighted by atomic mass is 32.2. The number of carbonyl (C=O) groups is 1. The lowest BCUT2D eigenvalue weighted by Gasteiger charge is -2.21. The van der Waals surface area contributed by atoms with Crippen LogP contribution in [-0.2, 0) is 19.6 Å². The Morgan fingerprint density at radius 1 is 1.33 bits per heavy atom. The van der Waals surface area contributed by atoms with Gasteiger partial charge in [-0.15, -0.1) is 0 Å². The van der Waals surface area contributed by atoms with Gasteiger partial charge in [-0.1, -0.05) is 6.92 Å². The van der Waals surface area contributed by atoms with Crippen LogP contribution in [0.3, 0.4) is 0 Å². The van der Waals surface area contributed by atoms with E-state index in [4.69, 9.17) is 0 Å². The number of rotatable bonds is 6. The number of ether oxygens (including phenoxy) is 1. The van der Waals surface area contributed by atoms with Crippen LogP contribution in [0.5, 0.6) is 0 Å². The first-order valence-corrected chi connectivity index (χ1v) is 7.81. The van der Waals surface area contributed by atoms with Crippen molar-refractivity contribution in [1.29, 1.82) is 0 Å². The quantitative estimate of drug-likeness (QED) is 0.714. The van der Waals surface area contributed by atoms with E-state index < -0.39 is 10.0 Å². The van der Waals surface area contributed by atoms with Crippen LogP contribution in [0.4, 0.5) is 5.82 Å². The van der Waals surface area contributed by atoms with Gasteiger partial charge in [-0.2, -0.15) is 0 Å². The van der Waals surface area contributed by atoms with Crippen molar-refractivity contribution in [3.8, 4) is 0 Å². The summed E-state index contributed by atoms with van der Waals surface area (Å²) >= 11 is 0. The predicted molar refractivity (Wildman–Crippen MR) is 79.6 cm³/mol. The van der Waals surface area contributed by atoms with Gasteiger partial charge >= 0.3 is 5.97 Å². The summed E-state index contributed by atoms with van der Waals surface area (Å²) in [7, 11) is 2.57. The molecule has 118 valence electrons. The SMILES string of the molecule is COC(=O)C(C)CN(C)c1ccc(S(=O)(=O)N(C)C)cn1. The Balaban J connectivity index is 2.86. The van der Waals surface area contributed by atoms with Crippen molar-refractivity contribution in [3.05, 3.63) is 18.3 Å². The molecule has 0 saturated heterocycles. The Morgan fingerprint density at radius 2 is 1.95 bits per heavy atom. The van der Waals surface area contributed by atoms with E-state index in [9.17, 15) is 13.2 Å². The van der Waals surface area contributed by atoms with Crippen LogP contribution in [0.15, 0.2) is 23.2 Å². The van der Waals surface area contributed by atoms with Crippen molar-refractivity contribution >= 4 is 21.8 Å². The molecule has 8 heteroatoms. The van der Waals surface area contributed by atoms with Crippen molar-refractivity contribution in [1.82, 2.24) is 9.29 Å². The zero-order valence-electron chi connectivity index (χ0n) is 12.9. The van der Waals surface area contributed by atoms with Gasteiger partial charge in [0, 0.05) is 33.9 Å². The molecule has 0 aromatic carbocycles. The average molecular weight is 315 g/mol. The minimum atomic E-state index is -3.48. The Hall–Kier alpha value is -1.67. The number of nitrogens with zero attached hydrogens (tertiary/aromatic N) is 3. The maximum absolute atomic E-state index is 11.9. The monoisotopic (exact) mass is 315 g/mol. The molecule has 0 spiro atoms. The molecule has 21 heavy (non-hydrogen) atoms. The van der Waals surface area contributed by atoms with Crippen LogP contribution in [0.25, 0.3) is 0 Å². The highest BCUT2D eigenvalue weighted by Gasteiger charge is 2.19. The third-order valence-electron chi connectivity index (χ3n) is 3.04. The number of aromatic nitrogens is 1. The van der Waals surface area contributed by atoms with Crippen LogP contribution >= 0.6 is 0 Å². The standard InChI is InChI=1S/C13H21N3O4S/c1-10(13(17)20-5)9-16(4)12-7-6-11(8-14-12)21(18,19)15(2)3/h6-8,10H,9H2,1-5H3. The van der Waals surface area contributed by atoms with Crippen molar-refractivity contribution in [2.45, 2.75) is 11.8 Å². The number of methoxy groups -OCH3 is 1. The van der Waals surface area contributed by atoms with E-state index in [1.165, 1.54) is 33.5 Å². The highest BCUT2D eigenvalue weighted by molar-refractivity contribution is 7.89. The first kappa shape index (κ1) is 17.4. The summed E-state index contributed by atoms with van der Waals surface area (Å²) in [5, 5.41) is 0. The summed E-state index contributed by atoms with van der Waals surface area (Å²) in [5.41, 5.74) is 0. The number of hydrogen-bond donors (Lipinski definition) is 0. The van der Waals surface area contributed by atoms with Crippen LogP contribution < -0.4 is 4.90 Å². The Bertz CT molecular complexity index is 584. The largest absolute Gasteiger partial charge is 0.469 e. The fraction of sp³-hybridized carbons (Fsp3) is 0.538. The number of anilines is 1. The second-order valence-electron chi connectivity index (χ2n) is 4.94. The topological polar surface area (TPSA) is 79.8 Å². The zero-order valence-corrected chi connectivity index (χ0v) is 13.7. The van der Waals surface area contributed by atoms with E-state index in [2.05, 4.69) is 9.72 Å². The minimum Gasteiger partial charge on any atom is -0.469 e. The van der Waals surface area contributed by atoms with Crippen molar-refractivity contribution in [2.75, 3.05) is 39.7 Å². The lowest BCUT2D eigenvalue weighted by Crippen LogP contribution is -2.30. The highest BCUT2D eigenvalue weighted by Crippen LogP contribution is 2.16. The lowest BCUT2D eigenvalue weighted by molar-refractivity contribution is -0.144. The fourth-order valence-corrected chi connectivity index (χ4v) is 2.59. The summed E-state index contributed by atoms with van der Waals surface area (Å²) < 4.78 is 29.7. The summed E-state index contributed by atoms with van der Waals surface area (Å²) in [6.45, 7) is 2.19. The number of pyridine rings is 1. The molecule has 1 unspecified atom stereocenters. The molecular formula is C13H21N3O4S. The molecule has 7 nitrogen and oxygen atoms in total. The molecule has 0 aliphatic heterocycles. The smallest absolute Gasteiger partial charge is 0.310 e. The van der Waals surface area contributed by atoms with Crippen LogP contribution in [0.1, 0.15) is 6.92 Å². The first-order valence-electron chi connectivity index (χ1n) is 6.37. The molecule has 0 fully saturated rings. The average Bonchev–Trinajstić information content (AvgIpc) is 2.46. The van der Waals surface area contributed by atoms with E-state index in [0.717, 1.165) is 4.31 Å². The fourth-order valence-electron chi connectivity index (χ4n) is 1.74. The Morgan fingerprint density at radius 3 is 2.38 bits per heavy atom. The number of esters is 1. The maximum Gasteiger partial charge on any atom is 0.310 e. The number of sulfonamides is 1. The van der Waals surface area contributed by atoms with Gasteiger partial charge < -0.3 is 9.64 Å². The molecule has 1 heterocycles. The van der Waals surface area contributed by atoms with E-state index in [1.807, 2.05) is 0 Å². The van der Waals surface area contributed by atoms with Gasteiger partial charge in [0.05, 0.1) is 13.0 Å². The molecule has 1 atom stereocenters. The van der Waals surface area contributed by atoms with Gasteiger partial charge in [0.25, 0.3) is 0 Å². The summed E-state index contributed by atoms with van der Waals surface area (Å²) in [5.74, 6) is -0.0101. The summed E-state index contributed by atoms with van der Waals surface area (Å²) in [4.78, 5) is 17.4. The maximum atomic E-state index is 11.9. The van der Waals surface area contributed by atoms with Crippen molar-refractivity contribution in [3.63, 3.8) is 0 Å². The van der Waals surface area contributed by atoms with Gasteiger partial charge in [0.1, 0.15) is 10.7 Å². The van der Waals surface area contributed by atoms with Gasteiger partial charge in [0.15, 0.2) is 0 Å². The summed E-state index contributed by atoms with van der Waals surface area (Å²) in [6.07, 6.45) is 1.31. The predicted octanol–water partition coefficient (Wildman–Crippen LogP) is 0.577. The van der Waals surface area contributed by atoms with Crippen molar-refractivity contribution in [2.24, 2.45) is 5.92 Å². The second-order valence-corrected chi connectivity index (χ2v) is 7.10. The van der Waals surface area contributed by atoms with E-state index in [0.29, 0.717) is 12.4 Å².